The molecule has 1 aromatic carbocycles. The van der Waals surface area contributed by atoms with Gasteiger partial charge in [0.1, 0.15) is 5.82 Å². The van der Waals surface area contributed by atoms with Gasteiger partial charge in [-0.3, -0.25) is 4.79 Å². The first kappa shape index (κ1) is 11.1. The number of hydrogen-bond donors (Lipinski definition) is 1. The lowest BCUT2D eigenvalue weighted by molar-refractivity contribution is -0.128. The number of amides is 1. The molecule has 1 amide bonds. The summed E-state index contributed by atoms with van der Waals surface area (Å²) in [6, 6.07) is 5.88. The summed E-state index contributed by atoms with van der Waals surface area (Å²) in [4.78, 5) is 13.4. The van der Waals surface area contributed by atoms with Gasteiger partial charge in [-0.05, 0) is 24.6 Å². The highest BCUT2D eigenvalue weighted by Crippen LogP contribution is 2.31. The van der Waals surface area contributed by atoms with Crippen molar-refractivity contribution in [1.29, 1.82) is 0 Å². The predicted octanol–water partition coefficient (Wildman–Crippen LogP) is 1.45. The fourth-order valence-electron chi connectivity index (χ4n) is 2.28. The van der Waals surface area contributed by atoms with Crippen molar-refractivity contribution in [3.63, 3.8) is 0 Å². The highest BCUT2D eigenvalue weighted by molar-refractivity contribution is 5.80. The molecule has 1 heterocycles. The Kier molecular flexibility index (Phi) is 2.92. The van der Waals surface area contributed by atoms with E-state index in [2.05, 4.69) is 0 Å². The van der Waals surface area contributed by atoms with E-state index in [1.54, 1.807) is 17.0 Å². The fourth-order valence-corrected chi connectivity index (χ4v) is 2.28. The molecule has 16 heavy (non-hydrogen) atoms. The smallest absolute Gasteiger partial charge is 0.224 e. The van der Waals surface area contributed by atoms with Crippen LogP contribution in [0.5, 0.6) is 0 Å². The van der Waals surface area contributed by atoms with Crippen molar-refractivity contribution in [1.82, 2.24) is 4.90 Å². The molecule has 4 heteroatoms. The molecule has 1 aliphatic rings. The maximum atomic E-state index is 12.8. The van der Waals surface area contributed by atoms with E-state index in [1.807, 2.05) is 6.92 Å². The monoisotopic (exact) mass is 222 g/mol. The number of nitrogens with two attached hydrogens (primary N) is 1. The molecule has 0 aromatic heterocycles. The first-order valence-electron chi connectivity index (χ1n) is 5.44. The Hall–Kier alpha value is -1.42. The summed E-state index contributed by atoms with van der Waals surface area (Å²) < 4.78 is 12.8. The number of rotatable bonds is 2. The molecule has 0 spiro atoms. The summed E-state index contributed by atoms with van der Waals surface area (Å²) >= 11 is 0. The Morgan fingerprint density at radius 3 is 2.62 bits per heavy atom. The molecule has 1 aromatic rings. The Bertz CT molecular complexity index is 391. The van der Waals surface area contributed by atoms with E-state index in [9.17, 15) is 9.18 Å². The molecular weight excluding hydrogens is 207 g/mol. The molecule has 0 bridgehead atoms. The largest absolute Gasteiger partial charge is 0.334 e. The van der Waals surface area contributed by atoms with E-state index < -0.39 is 0 Å². The average molecular weight is 222 g/mol. The van der Waals surface area contributed by atoms with Gasteiger partial charge in [0, 0.05) is 19.0 Å². The van der Waals surface area contributed by atoms with Crippen LogP contribution in [0.15, 0.2) is 24.3 Å². The van der Waals surface area contributed by atoms with Crippen LogP contribution in [0.25, 0.3) is 0 Å². The van der Waals surface area contributed by atoms with Crippen molar-refractivity contribution in [3.8, 4) is 0 Å². The Morgan fingerprint density at radius 2 is 2.06 bits per heavy atom. The minimum atomic E-state index is -0.273. The number of benzene rings is 1. The van der Waals surface area contributed by atoms with E-state index in [0.717, 1.165) is 5.56 Å². The van der Waals surface area contributed by atoms with Gasteiger partial charge in [0.05, 0.1) is 6.04 Å². The average Bonchev–Trinajstić information content (AvgIpc) is 2.54. The predicted molar refractivity (Wildman–Crippen MR) is 59.1 cm³/mol. The van der Waals surface area contributed by atoms with E-state index in [0.29, 0.717) is 13.0 Å². The molecule has 86 valence electrons. The molecule has 0 saturated carbocycles. The second kappa shape index (κ2) is 4.22. The summed E-state index contributed by atoms with van der Waals surface area (Å²) in [5.74, 6) is -0.200. The molecule has 2 rings (SSSR count). The Morgan fingerprint density at radius 1 is 1.44 bits per heavy atom. The topological polar surface area (TPSA) is 46.3 Å². The lowest BCUT2D eigenvalue weighted by Crippen LogP contribution is -2.32. The maximum absolute atomic E-state index is 12.8. The number of likely N-dealkylation sites (N-methyl/N-ethyl adjacent to an activating group) is 1. The molecule has 1 fully saturated rings. The first-order chi connectivity index (χ1) is 7.63. The number of carbonyl (C=O) groups excluding carboxylic acids is 1. The lowest BCUT2D eigenvalue weighted by Gasteiger charge is -2.25. The second-order valence-electron chi connectivity index (χ2n) is 4.04. The van der Waals surface area contributed by atoms with E-state index in [-0.39, 0.29) is 23.8 Å². The number of carbonyl (C=O) groups is 1. The molecule has 1 aliphatic heterocycles. The van der Waals surface area contributed by atoms with Crippen LogP contribution in [-0.2, 0) is 4.79 Å². The van der Waals surface area contributed by atoms with Gasteiger partial charge in [0.2, 0.25) is 5.91 Å². The zero-order valence-corrected chi connectivity index (χ0v) is 9.19. The molecular formula is C12H15FN2O. The van der Waals surface area contributed by atoms with Gasteiger partial charge >= 0.3 is 0 Å². The summed E-state index contributed by atoms with van der Waals surface area (Å²) in [5.41, 5.74) is 6.85. The molecule has 0 radical (unpaired) electrons. The number of halogens is 1. The minimum Gasteiger partial charge on any atom is -0.334 e. The van der Waals surface area contributed by atoms with Gasteiger partial charge in [-0.1, -0.05) is 12.1 Å². The number of likely N-dealkylation sites (tertiary alicyclic amines) is 1. The highest BCUT2D eigenvalue weighted by Gasteiger charge is 2.37. The molecule has 2 unspecified atom stereocenters. The van der Waals surface area contributed by atoms with Crippen molar-refractivity contribution < 1.29 is 9.18 Å². The van der Waals surface area contributed by atoms with Crippen LogP contribution in [0.2, 0.25) is 0 Å². The molecule has 2 N–H and O–H groups in total. The van der Waals surface area contributed by atoms with Crippen LogP contribution in [-0.4, -0.2) is 23.4 Å². The quantitative estimate of drug-likeness (QED) is 0.823. The third-order valence-electron chi connectivity index (χ3n) is 3.02. The maximum Gasteiger partial charge on any atom is 0.224 e. The normalized spacial score (nSPS) is 25.2. The van der Waals surface area contributed by atoms with Gasteiger partial charge in [0.25, 0.3) is 0 Å². The lowest BCUT2D eigenvalue weighted by atomic mass is 10.0. The molecule has 1 saturated heterocycles. The van der Waals surface area contributed by atoms with Gasteiger partial charge in [-0.15, -0.1) is 0 Å². The van der Waals surface area contributed by atoms with Crippen LogP contribution >= 0.6 is 0 Å². The van der Waals surface area contributed by atoms with Crippen molar-refractivity contribution in [3.05, 3.63) is 35.6 Å². The van der Waals surface area contributed by atoms with Gasteiger partial charge in [-0.25, -0.2) is 4.39 Å². The van der Waals surface area contributed by atoms with Crippen LogP contribution in [0.1, 0.15) is 24.9 Å². The summed E-state index contributed by atoms with van der Waals surface area (Å²) in [6.07, 6.45) is 0.371. The molecule has 0 aliphatic carbocycles. The van der Waals surface area contributed by atoms with E-state index >= 15 is 0 Å². The van der Waals surface area contributed by atoms with Crippen molar-refractivity contribution in [2.75, 3.05) is 6.54 Å². The van der Waals surface area contributed by atoms with Gasteiger partial charge < -0.3 is 10.6 Å². The zero-order chi connectivity index (χ0) is 11.7. The highest BCUT2D eigenvalue weighted by atomic mass is 19.1. The van der Waals surface area contributed by atoms with Crippen LogP contribution in [0, 0.1) is 5.82 Å². The zero-order valence-electron chi connectivity index (χ0n) is 9.19. The van der Waals surface area contributed by atoms with Gasteiger partial charge in [-0.2, -0.15) is 0 Å². The van der Waals surface area contributed by atoms with Crippen molar-refractivity contribution in [2.45, 2.75) is 25.4 Å². The number of nitrogens with zero attached hydrogens (tertiary/aromatic N) is 1. The van der Waals surface area contributed by atoms with Crippen molar-refractivity contribution in [2.24, 2.45) is 5.73 Å². The van der Waals surface area contributed by atoms with Gasteiger partial charge in [0.15, 0.2) is 0 Å². The Labute approximate surface area is 94.0 Å². The first-order valence-corrected chi connectivity index (χ1v) is 5.44. The molecule has 2 atom stereocenters. The third-order valence-corrected chi connectivity index (χ3v) is 3.02. The Balaban J connectivity index is 2.31. The minimum absolute atomic E-state index is 0.0734. The van der Waals surface area contributed by atoms with Crippen LogP contribution in [0.4, 0.5) is 4.39 Å². The van der Waals surface area contributed by atoms with Crippen LogP contribution < -0.4 is 5.73 Å². The summed E-state index contributed by atoms with van der Waals surface area (Å²) in [6.45, 7) is 2.56. The molecule has 3 nitrogen and oxygen atoms in total. The SMILES string of the molecule is CCN1C(=O)CC(N)C1c1ccc(F)cc1. The van der Waals surface area contributed by atoms with Crippen molar-refractivity contribution >= 4 is 5.91 Å². The summed E-state index contributed by atoms with van der Waals surface area (Å²) in [5, 5.41) is 0. The third kappa shape index (κ3) is 1.80. The van der Waals surface area contributed by atoms with E-state index in [4.69, 9.17) is 5.73 Å². The van der Waals surface area contributed by atoms with E-state index in [1.165, 1.54) is 12.1 Å². The van der Waals surface area contributed by atoms with Crippen LogP contribution in [0.3, 0.4) is 0 Å². The second-order valence-corrected chi connectivity index (χ2v) is 4.04. The fraction of sp³-hybridized carbons (Fsp3) is 0.417. The standard InChI is InChI=1S/C12H15FN2O/c1-2-15-11(16)7-10(14)12(15)8-3-5-9(13)6-4-8/h3-6,10,12H,2,7,14H2,1H3. The summed E-state index contributed by atoms with van der Waals surface area (Å²) in [7, 11) is 0. The number of hydrogen-bond acceptors (Lipinski definition) is 2.